The van der Waals surface area contributed by atoms with E-state index in [4.69, 9.17) is 5.11 Å². The Bertz CT molecular complexity index is 519. The third kappa shape index (κ3) is 1.38. The molecule has 1 aromatic carbocycles. The highest BCUT2D eigenvalue weighted by Crippen LogP contribution is 2.32. The van der Waals surface area contributed by atoms with E-state index in [1.165, 1.54) is 12.1 Å². The molecule has 0 bridgehead atoms. The first-order valence-corrected chi connectivity index (χ1v) is 5.00. The van der Waals surface area contributed by atoms with Gasteiger partial charge in [-0.15, -0.1) is 24.0 Å². The molecule has 5 heteroatoms. The fourth-order valence-electron chi connectivity index (χ4n) is 1.25. The van der Waals surface area contributed by atoms with Gasteiger partial charge in [-0.05, 0) is 18.2 Å². The third-order valence-electron chi connectivity index (χ3n) is 1.86. The molecule has 0 radical (unpaired) electrons. The number of thiophene rings is 1. The number of thiol groups is 1. The summed E-state index contributed by atoms with van der Waals surface area (Å²) in [6, 6.07) is 4.29. The van der Waals surface area contributed by atoms with Gasteiger partial charge < -0.3 is 5.11 Å². The molecule has 1 aromatic heterocycles. The van der Waals surface area contributed by atoms with Crippen LogP contribution in [0, 0.1) is 5.13 Å². The fraction of sp³-hybridized carbons (Fsp3) is 0. The first-order chi connectivity index (χ1) is 6.59. The van der Waals surface area contributed by atoms with Gasteiger partial charge in [-0.2, -0.15) is 4.39 Å². The fourth-order valence-corrected chi connectivity index (χ4v) is 2.49. The minimum Gasteiger partial charge on any atom is -0.478 e. The van der Waals surface area contributed by atoms with Crippen LogP contribution in [-0.2, 0) is 0 Å². The quantitative estimate of drug-likeness (QED) is 0.736. The average molecular weight is 228 g/mol. The predicted octanol–water partition coefficient (Wildman–Crippen LogP) is 3.03. The molecule has 14 heavy (non-hydrogen) atoms. The van der Waals surface area contributed by atoms with Crippen molar-refractivity contribution >= 4 is 40.0 Å². The molecule has 0 saturated carbocycles. The number of aromatic carboxylic acids is 1. The number of fused-ring (bicyclic) bond motifs is 1. The van der Waals surface area contributed by atoms with Gasteiger partial charge in [0.15, 0.2) is 5.13 Å². The lowest BCUT2D eigenvalue weighted by Crippen LogP contribution is -1.95. The Kier molecular flexibility index (Phi) is 2.20. The van der Waals surface area contributed by atoms with Crippen LogP contribution in [0.1, 0.15) is 10.4 Å². The van der Waals surface area contributed by atoms with E-state index >= 15 is 0 Å². The van der Waals surface area contributed by atoms with Gasteiger partial charge in [0.05, 0.1) is 10.3 Å². The summed E-state index contributed by atoms with van der Waals surface area (Å²) < 4.78 is 13.4. The van der Waals surface area contributed by atoms with Gasteiger partial charge in [0.1, 0.15) is 0 Å². The van der Waals surface area contributed by atoms with Crippen LogP contribution in [0.3, 0.4) is 0 Å². The van der Waals surface area contributed by atoms with Crippen molar-refractivity contribution in [3.8, 4) is 0 Å². The largest absolute Gasteiger partial charge is 0.478 e. The van der Waals surface area contributed by atoms with Crippen LogP contribution in [0.5, 0.6) is 0 Å². The van der Waals surface area contributed by atoms with Crippen molar-refractivity contribution < 1.29 is 14.3 Å². The maximum Gasteiger partial charge on any atom is 0.337 e. The highest BCUT2D eigenvalue weighted by Gasteiger charge is 2.13. The number of carboxylic acid groups (broad SMARTS) is 1. The Morgan fingerprint density at radius 2 is 2.21 bits per heavy atom. The van der Waals surface area contributed by atoms with Crippen molar-refractivity contribution in [3.05, 3.63) is 28.9 Å². The van der Waals surface area contributed by atoms with Gasteiger partial charge in [-0.25, -0.2) is 4.79 Å². The van der Waals surface area contributed by atoms with Crippen molar-refractivity contribution in [1.82, 2.24) is 0 Å². The SMILES string of the molecule is O=C(O)c1ccc(S)c2cc(F)sc12. The van der Waals surface area contributed by atoms with E-state index in [-0.39, 0.29) is 5.56 Å². The number of benzene rings is 1. The summed E-state index contributed by atoms with van der Waals surface area (Å²) in [4.78, 5) is 11.4. The molecule has 2 nitrogen and oxygen atoms in total. The number of rotatable bonds is 1. The van der Waals surface area contributed by atoms with E-state index in [0.717, 1.165) is 11.3 Å². The van der Waals surface area contributed by atoms with Gasteiger partial charge >= 0.3 is 5.97 Å². The van der Waals surface area contributed by atoms with Gasteiger partial charge in [0.2, 0.25) is 0 Å². The molecule has 0 aliphatic carbocycles. The Hall–Kier alpha value is -1.07. The van der Waals surface area contributed by atoms with E-state index in [0.29, 0.717) is 15.0 Å². The van der Waals surface area contributed by atoms with Gasteiger partial charge in [-0.1, -0.05) is 0 Å². The monoisotopic (exact) mass is 228 g/mol. The lowest BCUT2D eigenvalue weighted by Gasteiger charge is -1.98. The Labute approximate surface area is 88.4 Å². The van der Waals surface area contributed by atoms with Crippen LogP contribution in [0.2, 0.25) is 0 Å². The highest BCUT2D eigenvalue weighted by atomic mass is 32.1. The normalized spacial score (nSPS) is 10.7. The van der Waals surface area contributed by atoms with Crippen molar-refractivity contribution in [3.63, 3.8) is 0 Å². The predicted molar refractivity (Wildman–Crippen MR) is 56.0 cm³/mol. The molecule has 2 aromatic rings. The summed E-state index contributed by atoms with van der Waals surface area (Å²) >= 11 is 4.95. The van der Waals surface area contributed by atoms with Gasteiger partial charge in [0.25, 0.3) is 0 Å². The standard InChI is InChI=1S/C9H5FO2S2/c10-7-3-5-6(13)2-1-4(9(11)12)8(5)14-7/h1-3,13H,(H,11,12). The van der Waals surface area contributed by atoms with E-state index < -0.39 is 11.1 Å². The minimum absolute atomic E-state index is 0.117. The molecule has 0 atom stereocenters. The molecule has 0 saturated heterocycles. The minimum atomic E-state index is -1.05. The Balaban J connectivity index is 2.87. The number of halogens is 1. The van der Waals surface area contributed by atoms with Crippen LogP contribution in [0.25, 0.3) is 10.1 Å². The number of carboxylic acids is 1. The molecule has 72 valence electrons. The van der Waals surface area contributed by atoms with Crippen LogP contribution >= 0.6 is 24.0 Å². The summed E-state index contributed by atoms with van der Waals surface area (Å²) in [5, 5.41) is 8.99. The molecular weight excluding hydrogens is 223 g/mol. The smallest absolute Gasteiger partial charge is 0.337 e. The molecule has 2 rings (SSSR count). The zero-order chi connectivity index (χ0) is 10.3. The van der Waals surface area contributed by atoms with Crippen LogP contribution in [-0.4, -0.2) is 11.1 Å². The summed E-state index contributed by atoms with van der Waals surface area (Å²) in [7, 11) is 0. The highest BCUT2D eigenvalue weighted by molar-refractivity contribution is 7.80. The molecule has 1 N–H and O–H groups in total. The lowest BCUT2D eigenvalue weighted by atomic mass is 10.2. The maximum atomic E-state index is 12.9. The molecule has 0 amide bonds. The molecule has 0 fully saturated rings. The van der Waals surface area contributed by atoms with Crippen molar-refractivity contribution in [2.75, 3.05) is 0 Å². The molecule has 1 heterocycles. The lowest BCUT2D eigenvalue weighted by molar-refractivity contribution is 0.0699. The second-order valence-electron chi connectivity index (χ2n) is 2.73. The van der Waals surface area contributed by atoms with Crippen molar-refractivity contribution in [2.24, 2.45) is 0 Å². The van der Waals surface area contributed by atoms with Crippen LogP contribution < -0.4 is 0 Å². The molecule has 0 aliphatic rings. The zero-order valence-corrected chi connectivity index (χ0v) is 8.53. The summed E-state index contributed by atoms with van der Waals surface area (Å²) in [5.41, 5.74) is 0.117. The Morgan fingerprint density at radius 3 is 2.86 bits per heavy atom. The molecule has 0 aliphatic heterocycles. The average Bonchev–Trinajstić information content (AvgIpc) is 2.47. The summed E-state index contributed by atoms with van der Waals surface area (Å²) in [6.45, 7) is 0. The first-order valence-electron chi connectivity index (χ1n) is 3.74. The first kappa shape index (κ1) is 9.48. The maximum absolute atomic E-state index is 12.9. The third-order valence-corrected chi connectivity index (χ3v) is 3.21. The molecular formula is C9H5FO2S2. The summed E-state index contributed by atoms with van der Waals surface area (Å²) in [6.07, 6.45) is 0. The zero-order valence-electron chi connectivity index (χ0n) is 6.82. The topological polar surface area (TPSA) is 37.3 Å². The molecule has 0 unspecified atom stereocenters. The van der Waals surface area contributed by atoms with Crippen LogP contribution in [0.15, 0.2) is 23.1 Å². The number of hydrogen-bond acceptors (Lipinski definition) is 3. The van der Waals surface area contributed by atoms with E-state index in [2.05, 4.69) is 12.6 Å². The van der Waals surface area contributed by atoms with Gasteiger partial charge in [-0.3, -0.25) is 0 Å². The van der Waals surface area contributed by atoms with E-state index in [1.807, 2.05) is 0 Å². The van der Waals surface area contributed by atoms with Crippen LogP contribution in [0.4, 0.5) is 4.39 Å². The number of carbonyl (C=O) groups is 1. The number of hydrogen-bond donors (Lipinski definition) is 2. The van der Waals surface area contributed by atoms with E-state index in [1.54, 1.807) is 6.07 Å². The summed E-state index contributed by atoms with van der Waals surface area (Å²) in [5.74, 6) is -1.05. The second kappa shape index (κ2) is 3.25. The van der Waals surface area contributed by atoms with E-state index in [9.17, 15) is 9.18 Å². The van der Waals surface area contributed by atoms with Crippen molar-refractivity contribution in [1.29, 1.82) is 0 Å². The molecule has 0 spiro atoms. The van der Waals surface area contributed by atoms with Gasteiger partial charge in [0, 0.05) is 10.3 Å². The van der Waals surface area contributed by atoms with Crippen molar-refractivity contribution in [2.45, 2.75) is 4.90 Å². The Morgan fingerprint density at radius 1 is 1.50 bits per heavy atom. The second-order valence-corrected chi connectivity index (χ2v) is 4.21.